The number of anilines is 1. The van der Waals surface area contributed by atoms with Gasteiger partial charge in [-0.3, -0.25) is 4.55 Å². The molecule has 0 saturated heterocycles. The van der Waals surface area contributed by atoms with E-state index < -0.39 is 15.4 Å². The molecule has 84 valence electrons. The number of para-hydroxylation sites is 1. The Morgan fingerprint density at radius 3 is 2.20 bits per heavy atom. The highest BCUT2D eigenvalue weighted by Gasteiger charge is 2.23. The lowest BCUT2D eigenvalue weighted by molar-refractivity contribution is 0.464. The van der Waals surface area contributed by atoms with Crippen molar-refractivity contribution < 1.29 is 13.0 Å². The summed E-state index contributed by atoms with van der Waals surface area (Å²) in [4.78, 5) is 0. The fraction of sp³-hybridized carbons (Fsp3) is 0.400. The molecule has 0 aromatic heterocycles. The highest BCUT2D eigenvalue weighted by atomic mass is 32.2. The first-order chi connectivity index (χ1) is 6.91. The maximum atomic E-state index is 10.9. The van der Waals surface area contributed by atoms with Crippen LogP contribution in [0.1, 0.15) is 13.8 Å². The summed E-state index contributed by atoms with van der Waals surface area (Å²) in [5.74, 6) is 0. The van der Waals surface area contributed by atoms with Crippen molar-refractivity contribution in [2.24, 2.45) is 0 Å². The van der Waals surface area contributed by atoms with Crippen molar-refractivity contribution in [3.8, 4) is 0 Å². The van der Waals surface area contributed by atoms with E-state index in [0.29, 0.717) is 0 Å². The molecule has 5 heteroatoms. The number of rotatable bonds is 4. The Balaban J connectivity index is 2.68. The Morgan fingerprint density at radius 2 is 1.73 bits per heavy atom. The molecule has 1 aromatic carbocycles. The zero-order valence-corrected chi connectivity index (χ0v) is 9.53. The van der Waals surface area contributed by atoms with Crippen LogP contribution in [0.25, 0.3) is 0 Å². The molecule has 0 aliphatic rings. The summed E-state index contributed by atoms with van der Waals surface area (Å²) in [6, 6.07) is 8.92. The van der Waals surface area contributed by atoms with Crippen LogP contribution in [-0.2, 0) is 10.1 Å². The molecule has 4 nitrogen and oxygen atoms in total. The molecule has 2 unspecified atom stereocenters. The molecule has 1 rings (SSSR count). The van der Waals surface area contributed by atoms with E-state index in [1.807, 2.05) is 30.3 Å². The van der Waals surface area contributed by atoms with E-state index >= 15 is 0 Å². The predicted molar refractivity (Wildman–Crippen MR) is 60.5 cm³/mol. The van der Waals surface area contributed by atoms with Gasteiger partial charge in [-0.15, -0.1) is 0 Å². The van der Waals surface area contributed by atoms with Gasteiger partial charge in [0.1, 0.15) is 5.25 Å². The second-order valence-electron chi connectivity index (χ2n) is 3.52. The normalized spacial score (nSPS) is 15.7. The van der Waals surface area contributed by atoms with Crippen molar-refractivity contribution in [1.29, 1.82) is 0 Å². The van der Waals surface area contributed by atoms with Gasteiger partial charge in [0.2, 0.25) is 0 Å². The molecule has 1 aromatic rings. The molecule has 15 heavy (non-hydrogen) atoms. The molecular weight excluding hydrogens is 214 g/mol. The summed E-state index contributed by atoms with van der Waals surface area (Å²) in [5.41, 5.74) is 0.834. The largest absolute Gasteiger partial charge is 0.381 e. The third-order valence-electron chi connectivity index (χ3n) is 2.34. The van der Waals surface area contributed by atoms with E-state index in [2.05, 4.69) is 5.32 Å². The average molecular weight is 229 g/mol. The first-order valence-electron chi connectivity index (χ1n) is 4.69. The van der Waals surface area contributed by atoms with E-state index in [0.717, 1.165) is 5.69 Å². The molecule has 0 aliphatic carbocycles. The van der Waals surface area contributed by atoms with Gasteiger partial charge >= 0.3 is 0 Å². The van der Waals surface area contributed by atoms with E-state index in [1.54, 1.807) is 6.92 Å². The second kappa shape index (κ2) is 4.63. The third kappa shape index (κ3) is 3.53. The lowest BCUT2D eigenvalue weighted by atomic mass is 10.2. The van der Waals surface area contributed by atoms with Gasteiger partial charge in [-0.25, -0.2) is 0 Å². The summed E-state index contributed by atoms with van der Waals surface area (Å²) < 4.78 is 30.6. The summed E-state index contributed by atoms with van der Waals surface area (Å²) in [6.07, 6.45) is 0. The molecule has 0 radical (unpaired) electrons. The van der Waals surface area contributed by atoms with E-state index in [-0.39, 0.29) is 6.04 Å². The van der Waals surface area contributed by atoms with Gasteiger partial charge in [0.25, 0.3) is 10.1 Å². The molecular formula is C10H15NO3S. The van der Waals surface area contributed by atoms with Gasteiger partial charge in [0.15, 0.2) is 0 Å². The van der Waals surface area contributed by atoms with Crippen LogP contribution >= 0.6 is 0 Å². The average Bonchev–Trinajstić information content (AvgIpc) is 2.16. The van der Waals surface area contributed by atoms with Crippen LogP contribution in [0, 0.1) is 0 Å². The van der Waals surface area contributed by atoms with Gasteiger partial charge in [0, 0.05) is 11.7 Å². The van der Waals surface area contributed by atoms with Crippen LogP contribution in [0.2, 0.25) is 0 Å². The number of nitrogens with one attached hydrogen (secondary N) is 1. The van der Waals surface area contributed by atoms with Crippen molar-refractivity contribution in [2.45, 2.75) is 25.1 Å². The number of benzene rings is 1. The van der Waals surface area contributed by atoms with E-state index in [1.165, 1.54) is 6.92 Å². The molecule has 2 atom stereocenters. The zero-order valence-electron chi connectivity index (χ0n) is 8.71. The standard InChI is InChI=1S/C10H15NO3S/c1-8(9(2)15(12,13)14)11-10-6-4-3-5-7-10/h3-9,11H,1-2H3,(H,12,13,14). The Morgan fingerprint density at radius 1 is 1.20 bits per heavy atom. The monoisotopic (exact) mass is 229 g/mol. The van der Waals surface area contributed by atoms with Crippen LogP contribution in [0.4, 0.5) is 5.69 Å². The highest BCUT2D eigenvalue weighted by molar-refractivity contribution is 7.86. The Kier molecular flexibility index (Phi) is 3.71. The van der Waals surface area contributed by atoms with E-state index in [4.69, 9.17) is 4.55 Å². The van der Waals surface area contributed by atoms with Gasteiger partial charge in [-0.2, -0.15) is 8.42 Å². The number of hydrogen-bond donors (Lipinski definition) is 2. The maximum absolute atomic E-state index is 10.9. The lowest BCUT2D eigenvalue weighted by Crippen LogP contribution is -2.34. The minimum Gasteiger partial charge on any atom is -0.381 e. The maximum Gasteiger partial charge on any atom is 0.269 e. The molecule has 2 N–H and O–H groups in total. The van der Waals surface area contributed by atoms with Crippen LogP contribution in [-0.4, -0.2) is 24.3 Å². The zero-order chi connectivity index (χ0) is 11.5. The summed E-state index contributed by atoms with van der Waals surface area (Å²) in [7, 11) is -3.98. The van der Waals surface area contributed by atoms with Crippen molar-refractivity contribution in [2.75, 3.05) is 5.32 Å². The first-order valence-corrected chi connectivity index (χ1v) is 6.19. The van der Waals surface area contributed by atoms with Crippen LogP contribution in [0.15, 0.2) is 30.3 Å². The highest BCUT2D eigenvalue weighted by Crippen LogP contribution is 2.12. The minimum atomic E-state index is -3.98. The smallest absolute Gasteiger partial charge is 0.269 e. The van der Waals surface area contributed by atoms with Gasteiger partial charge in [0.05, 0.1) is 0 Å². The molecule has 0 aliphatic heterocycles. The lowest BCUT2D eigenvalue weighted by Gasteiger charge is -2.19. The van der Waals surface area contributed by atoms with Crippen LogP contribution < -0.4 is 5.32 Å². The van der Waals surface area contributed by atoms with Gasteiger partial charge < -0.3 is 5.32 Å². The SMILES string of the molecule is CC(Nc1ccccc1)C(C)S(=O)(=O)O. The van der Waals surface area contributed by atoms with Gasteiger partial charge in [-0.1, -0.05) is 18.2 Å². The summed E-state index contributed by atoms with van der Waals surface area (Å²) >= 11 is 0. The van der Waals surface area contributed by atoms with Gasteiger partial charge in [-0.05, 0) is 26.0 Å². The van der Waals surface area contributed by atoms with Crippen molar-refractivity contribution in [3.05, 3.63) is 30.3 Å². The summed E-state index contributed by atoms with van der Waals surface area (Å²) in [6.45, 7) is 3.18. The summed E-state index contributed by atoms with van der Waals surface area (Å²) in [5, 5.41) is 2.17. The Bertz CT molecular complexity index is 402. The topological polar surface area (TPSA) is 66.4 Å². The quantitative estimate of drug-likeness (QED) is 0.772. The van der Waals surface area contributed by atoms with Crippen LogP contribution in [0.3, 0.4) is 0 Å². The van der Waals surface area contributed by atoms with E-state index in [9.17, 15) is 8.42 Å². The fourth-order valence-electron chi connectivity index (χ4n) is 1.17. The number of hydrogen-bond acceptors (Lipinski definition) is 3. The molecule has 0 bridgehead atoms. The molecule has 0 saturated carbocycles. The first kappa shape index (κ1) is 12.0. The van der Waals surface area contributed by atoms with Crippen LogP contribution in [0.5, 0.6) is 0 Å². The van der Waals surface area contributed by atoms with Crippen molar-refractivity contribution in [3.63, 3.8) is 0 Å². The molecule has 0 amide bonds. The molecule has 0 heterocycles. The molecule has 0 spiro atoms. The third-order valence-corrected chi connectivity index (χ3v) is 3.69. The second-order valence-corrected chi connectivity index (χ2v) is 5.29. The molecule has 0 fully saturated rings. The van der Waals surface area contributed by atoms with Crippen molar-refractivity contribution in [1.82, 2.24) is 0 Å². The fourth-order valence-corrected chi connectivity index (χ4v) is 1.76. The predicted octanol–water partition coefficient (Wildman–Crippen LogP) is 1.76. The Labute approximate surface area is 90.1 Å². The van der Waals surface area contributed by atoms with Crippen molar-refractivity contribution >= 4 is 15.8 Å². The minimum absolute atomic E-state index is 0.345. The Hall–Kier alpha value is -1.07.